The lowest BCUT2D eigenvalue weighted by molar-refractivity contribution is 0.228. The van der Waals surface area contributed by atoms with E-state index >= 15 is 0 Å². The van der Waals surface area contributed by atoms with Crippen LogP contribution in [0.1, 0.15) is 33.3 Å². The maximum atomic E-state index is 5.07. The van der Waals surface area contributed by atoms with Gasteiger partial charge in [-0.25, -0.2) is 0 Å². The maximum Gasteiger partial charge on any atom is 0.0947 e. The molecule has 0 amide bonds. The Morgan fingerprint density at radius 3 is 2.62 bits per heavy atom. The molecule has 3 nitrogen and oxygen atoms in total. The van der Waals surface area contributed by atoms with E-state index in [-0.39, 0.29) is 5.54 Å². The summed E-state index contributed by atoms with van der Waals surface area (Å²) in [4.78, 5) is 2.32. The third-order valence-corrected chi connectivity index (χ3v) is 2.69. The molecule has 0 aliphatic rings. The first-order valence-electron chi connectivity index (χ1n) is 5.85. The highest BCUT2D eigenvalue weighted by Crippen LogP contribution is 2.07. The fourth-order valence-corrected chi connectivity index (χ4v) is 1.44. The fraction of sp³-hybridized carbons (Fsp3) is 0.692. The Labute approximate surface area is 98.8 Å². The molecular weight excluding hydrogens is 200 g/mol. The van der Waals surface area contributed by atoms with Gasteiger partial charge in [0.05, 0.1) is 12.5 Å². The molecule has 1 atom stereocenters. The smallest absolute Gasteiger partial charge is 0.0947 e. The van der Waals surface area contributed by atoms with E-state index in [1.54, 1.807) is 12.5 Å². The van der Waals surface area contributed by atoms with Gasteiger partial charge in [0, 0.05) is 30.2 Å². The Morgan fingerprint density at radius 2 is 2.12 bits per heavy atom. The molecular formula is C13H24N2O. The number of hydrogen-bond acceptors (Lipinski definition) is 3. The van der Waals surface area contributed by atoms with E-state index in [4.69, 9.17) is 4.42 Å². The third-order valence-electron chi connectivity index (χ3n) is 2.69. The van der Waals surface area contributed by atoms with Crippen molar-refractivity contribution in [3.8, 4) is 0 Å². The monoisotopic (exact) mass is 224 g/mol. The van der Waals surface area contributed by atoms with Crippen molar-refractivity contribution < 1.29 is 4.42 Å². The number of rotatable bonds is 5. The summed E-state index contributed by atoms with van der Waals surface area (Å²) in [5, 5.41) is 3.52. The summed E-state index contributed by atoms with van der Waals surface area (Å²) in [6.07, 6.45) is 3.53. The molecule has 16 heavy (non-hydrogen) atoms. The second-order valence-electron chi connectivity index (χ2n) is 5.53. The Hall–Kier alpha value is -0.800. The van der Waals surface area contributed by atoms with Crippen molar-refractivity contribution >= 4 is 0 Å². The van der Waals surface area contributed by atoms with Gasteiger partial charge in [-0.05, 0) is 40.8 Å². The molecule has 1 heterocycles. The molecule has 0 aliphatic carbocycles. The van der Waals surface area contributed by atoms with Gasteiger partial charge in [-0.3, -0.25) is 4.90 Å². The Bertz CT molecular complexity index is 287. The molecule has 0 aliphatic heterocycles. The van der Waals surface area contributed by atoms with Crippen molar-refractivity contribution in [2.24, 2.45) is 0 Å². The van der Waals surface area contributed by atoms with Crippen LogP contribution >= 0.6 is 0 Å². The van der Waals surface area contributed by atoms with Crippen LogP contribution in [0.25, 0.3) is 0 Å². The van der Waals surface area contributed by atoms with Crippen molar-refractivity contribution in [2.45, 2.75) is 45.8 Å². The van der Waals surface area contributed by atoms with Crippen LogP contribution in [-0.4, -0.2) is 30.1 Å². The first kappa shape index (κ1) is 13.3. The van der Waals surface area contributed by atoms with Crippen molar-refractivity contribution in [3.63, 3.8) is 0 Å². The van der Waals surface area contributed by atoms with E-state index in [2.05, 4.69) is 45.0 Å². The average molecular weight is 224 g/mol. The number of hydrogen-bond donors (Lipinski definition) is 1. The zero-order chi connectivity index (χ0) is 12.2. The molecule has 1 unspecified atom stereocenters. The van der Waals surface area contributed by atoms with Crippen LogP contribution < -0.4 is 5.32 Å². The van der Waals surface area contributed by atoms with E-state index in [1.807, 2.05) is 6.07 Å². The number of likely N-dealkylation sites (N-methyl/N-ethyl adjacent to an activating group) is 1. The van der Waals surface area contributed by atoms with Gasteiger partial charge in [-0.2, -0.15) is 0 Å². The van der Waals surface area contributed by atoms with E-state index in [0.717, 1.165) is 13.1 Å². The quantitative estimate of drug-likeness (QED) is 0.833. The molecule has 0 aromatic carbocycles. The van der Waals surface area contributed by atoms with Gasteiger partial charge in [-0.1, -0.05) is 0 Å². The minimum atomic E-state index is 0.185. The van der Waals surface area contributed by atoms with Crippen LogP contribution in [0.3, 0.4) is 0 Å². The van der Waals surface area contributed by atoms with E-state index in [1.165, 1.54) is 5.56 Å². The van der Waals surface area contributed by atoms with Gasteiger partial charge >= 0.3 is 0 Å². The molecule has 92 valence electrons. The second kappa shape index (κ2) is 5.51. The van der Waals surface area contributed by atoms with Crippen LogP contribution in [0.2, 0.25) is 0 Å². The molecule has 0 bridgehead atoms. The van der Waals surface area contributed by atoms with Crippen molar-refractivity contribution in [3.05, 3.63) is 24.2 Å². The summed E-state index contributed by atoms with van der Waals surface area (Å²) in [7, 11) is 2.14. The van der Waals surface area contributed by atoms with Crippen molar-refractivity contribution in [2.75, 3.05) is 13.6 Å². The SMILES string of the molecule is CC(CNC(C)(C)C)N(C)Cc1ccoc1. The topological polar surface area (TPSA) is 28.4 Å². The fourth-order valence-electron chi connectivity index (χ4n) is 1.44. The van der Waals surface area contributed by atoms with Gasteiger partial charge in [0.2, 0.25) is 0 Å². The third kappa shape index (κ3) is 4.81. The predicted octanol–water partition coefficient (Wildman–Crippen LogP) is 2.49. The second-order valence-corrected chi connectivity index (χ2v) is 5.53. The maximum absolute atomic E-state index is 5.07. The zero-order valence-corrected chi connectivity index (χ0v) is 11.1. The Morgan fingerprint density at radius 1 is 1.44 bits per heavy atom. The summed E-state index contributed by atoms with van der Waals surface area (Å²) < 4.78 is 5.07. The molecule has 0 fully saturated rings. The predicted molar refractivity (Wildman–Crippen MR) is 67.4 cm³/mol. The van der Waals surface area contributed by atoms with Crippen LogP contribution in [0.5, 0.6) is 0 Å². The molecule has 0 saturated heterocycles. The summed E-state index contributed by atoms with van der Waals surface area (Å²) in [6.45, 7) is 10.7. The summed E-state index contributed by atoms with van der Waals surface area (Å²) in [5.41, 5.74) is 1.41. The minimum absolute atomic E-state index is 0.185. The first-order valence-corrected chi connectivity index (χ1v) is 5.85. The van der Waals surface area contributed by atoms with Gasteiger partial charge in [-0.15, -0.1) is 0 Å². The van der Waals surface area contributed by atoms with E-state index in [9.17, 15) is 0 Å². The first-order chi connectivity index (χ1) is 7.38. The summed E-state index contributed by atoms with van der Waals surface area (Å²) in [6, 6.07) is 2.52. The zero-order valence-electron chi connectivity index (χ0n) is 11.1. The normalized spacial score (nSPS) is 14.4. The van der Waals surface area contributed by atoms with Crippen molar-refractivity contribution in [1.82, 2.24) is 10.2 Å². The highest BCUT2D eigenvalue weighted by Gasteiger charge is 2.14. The molecule has 1 rings (SSSR count). The molecule has 0 radical (unpaired) electrons. The Balaban J connectivity index is 2.33. The van der Waals surface area contributed by atoms with Gasteiger partial charge < -0.3 is 9.73 Å². The molecule has 1 aromatic heterocycles. The lowest BCUT2D eigenvalue weighted by Crippen LogP contribution is -2.44. The number of furan rings is 1. The number of nitrogens with zero attached hydrogens (tertiary/aromatic N) is 1. The minimum Gasteiger partial charge on any atom is -0.472 e. The lowest BCUT2D eigenvalue weighted by atomic mass is 10.1. The van der Waals surface area contributed by atoms with E-state index in [0.29, 0.717) is 6.04 Å². The lowest BCUT2D eigenvalue weighted by Gasteiger charge is -2.28. The van der Waals surface area contributed by atoms with Crippen LogP contribution in [0.15, 0.2) is 23.0 Å². The summed E-state index contributed by atoms with van der Waals surface area (Å²) >= 11 is 0. The van der Waals surface area contributed by atoms with Gasteiger partial charge in [0.1, 0.15) is 0 Å². The van der Waals surface area contributed by atoms with Gasteiger partial charge in [0.15, 0.2) is 0 Å². The Kier molecular flexibility index (Phi) is 4.56. The van der Waals surface area contributed by atoms with Crippen LogP contribution in [-0.2, 0) is 6.54 Å². The van der Waals surface area contributed by atoms with Crippen LogP contribution in [0, 0.1) is 0 Å². The van der Waals surface area contributed by atoms with Gasteiger partial charge in [0.25, 0.3) is 0 Å². The molecule has 1 N–H and O–H groups in total. The van der Waals surface area contributed by atoms with Crippen molar-refractivity contribution in [1.29, 1.82) is 0 Å². The largest absolute Gasteiger partial charge is 0.472 e. The van der Waals surface area contributed by atoms with Crippen LogP contribution in [0.4, 0.5) is 0 Å². The number of nitrogens with one attached hydrogen (secondary N) is 1. The molecule has 1 aromatic rings. The summed E-state index contributed by atoms with van der Waals surface area (Å²) in [5.74, 6) is 0. The molecule has 0 saturated carbocycles. The highest BCUT2D eigenvalue weighted by atomic mass is 16.3. The standard InChI is InChI=1S/C13H24N2O/c1-11(8-14-13(2,3)4)15(5)9-12-6-7-16-10-12/h6-7,10-11,14H,8-9H2,1-5H3. The molecule has 3 heteroatoms. The van der Waals surface area contributed by atoms with E-state index < -0.39 is 0 Å². The highest BCUT2D eigenvalue weighted by molar-refractivity contribution is 5.04. The molecule has 0 spiro atoms. The average Bonchev–Trinajstić information content (AvgIpc) is 2.65.